The van der Waals surface area contributed by atoms with Gasteiger partial charge in [0.25, 0.3) is 0 Å². The molecule has 2 rings (SSSR count). The lowest BCUT2D eigenvalue weighted by atomic mass is 10.1. The molecule has 0 aliphatic heterocycles. The van der Waals surface area contributed by atoms with E-state index in [4.69, 9.17) is 0 Å². The number of rotatable bonds is 3. The van der Waals surface area contributed by atoms with E-state index in [1.54, 1.807) is 13.1 Å². The van der Waals surface area contributed by atoms with E-state index in [9.17, 15) is 9.59 Å². The van der Waals surface area contributed by atoms with Crippen molar-refractivity contribution in [1.82, 2.24) is 10.3 Å². The minimum atomic E-state index is -0.865. The lowest BCUT2D eigenvalue weighted by Gasteiger charge is -2.05. The first-order valence-corrected chi connectivity index (χ1v) is 5.99. The van der Waals surface area contributed by atoms with Crippen molar-refractivity contribution in [3.63, 3.8) is 0 Å². The van der Waals surface area contributed by atoms with Crippen molar-refractivity contribution < 1.29 is 14.3 Å². The molecule has 1 aromatic heterocycles. The first-order chi connectivity index (χ1) is 9.20. The molecule has 0 aliphatic carbocycles. The zero-order valence-corrected chi connectivity index (χ0v) is 10.6. The Kier molecular flexibility index (Phi) is 4.07. The van der Waals surface area contributed by atoms with Crippen LogP contribution in [-0.2, 0) is 20.9 Å². The number of carbonyl (C=O) groups excluding carboxylic acids is 2. The van der Waals surface area contributed by atoms with Crippen molar-refractivity contribution in [1.29, 1.82) is 0 Å². The van der Waals surface area contributed by atoms with Gasteiger partial charge in [0, 0.05) is 18.1 Å². The lowest BCUT2D eigenvalue weighted by molar-refractivity contribution is -0.154. The quantitative estimate of drug-likeness (QED) is 0.667. The van der Waals surface area contributed by atoms with Crippen molar-refractivity contribution >= 4 is 22.8 Å². The Hall–Kier alpha value is -2.43. The fraction of sp³-hybridized carbons (Fsp3) is 0.214. The number of hydrogen-bond donors (Lipinski definition) is 1. The molecule has 0 aliphatic rings. The first kappa shape index (κ1) is 13.0. The SMILES string of the molecule is CCOC(=O)C(=O)NCc1cnc2ccccc2c1. The van der Waals surface area contributed by atoms with Crippen LogP contribution in [0.1, 0.15) is 12.5 Å². The number of ether oxygens (including phenoxy) is 1. The molecule has 1 N–H and O–H groups in total. The Labute approximate surface area is 110 Å². The molecule has 0 fully saturated rings. The van der Waals surface area contributed by atoms with Gasteiger partial charge in [0.05, 0.1) is 12.1 Å². The van der Waals surface area contributed by atoms with Crippen LogP contribution < -0.4 is 5.32 Å². The highest BCUT2D eigenvalue weighted by Gasteiger charge is 2.13. The lowest BCUT2D eigenvalue weighted by Crippen LogP contribution is -2.32. The van der Waals surface area contributed by atoms with Crippen LogP contribution in [-0.4, -0.2) is 23.5 Å². The van der Waals surface area contributed by atoms with Gasteiger partial charge in [-0.15, -0.1) is 0 Å². The van der Waals surface area contributed by atoms with Crippen molar-refractivity contribution in [2.75, 3.05) is 6.61 Å². The molecule has 2 aromatic rings. The average molecular weight is 258 g/mol. The van der Waals surface area contributed by atoms with Crippen LogP contribution >= 0.6 is 0 Å². The molecule has 1 heterocycles. The highest BCUT2D eigenvalue weighted by atomic mass is 16.5. The Bertz CT molecular complexity index is 610. The van der Waals surface area contributed by atoms with Gasteiger partial charge in [-0.25, -0.2) is 4.79 Å². The molecule has 1 aromatic carbocycles. The van der Waals surface area contributed by atoms with Gasteiger partial charge in [0.15, 0.2) is 0 Å². The number of fused-ring (bicyclic) bond motifs is 1. The van der Waals surface area contributed by atoms with Crippen molar-refractivity contribution in [2.45, 2.75) is 13.5 Å². The molecule has 98 valence electrons. The zero-order valence-electron chi connectivity index (χ0n) is 10.6. The zero-order chi connectivity index (χ0) is 13.7. The summed E-state index contributed by atoms with van der Waals surface area (Å²) in [4.78, 5) is 26.8. The second-order valence-electron chi connectivity index (χ2n) is 3.94. The van der Waals surface area contributed by atoms with Gasteiger partial charge < -0.3 is 10.1 Å². The van der Waals surface area contributed by atoms with Crippen molar-refractivity contribution in [2.24, 2.45) is 0 Å². The molecule has 1 amide bonds. The maximum atomic E-state index is 11.4. The van der Waals surface area contributed by atoms with Gasteiger partial charge in [-0.05, 0) is 24.6 Å². The monoisotopic (exact) mass is 258 g/mol. The minimum Gasteiger partial charge on any atom is -0.459 e. The third-order valence-electron chi connectivity index (χ3n) is 2.56. The summed E-state index contributed by atoms with van der Waals surface area (Å²) in [5.41, 5.74) is 1.72. The summed E-state index contributed by atoms with van der Waals surface area (Å²) < 4.78 is 4.60. The molecule has 0 radical (unpaired) electrons. The van der Waals surface area contributed by atoms with Gasteiger partial charge in [-0.3, -0.25) is 9.78 Å². The Morgan fingerprint density at radius 3 is 2.89 bits per heavy atom. The maximum Gasteiger partial charge on any atom is 0.396 e. The van der Waals surface area contributed by atoms with E-state index in [0.29, 0.717) is 0 Å². The van der Waals surface area contributed by atoms with Crippen molar-refractivity contribution in [3.05, 3.63) is 42.1 Å². The first-order valence-electron chi connectivity index (χ1n) is 5.99. The predicted molar refractivity (Wildman–Crippen MR) is 70.2 cm³/mol. The predicted octanol–water partition coefficient (Wildman–Crippen LogP) is 1.41. The summed E-state index contributed by atoms with van der Waals surface area (Å²) >= 11 is 0. The number of esters is 1. The molecule has 0 saturated heterocycles. The normalized spacial score (nSPS) is 10.2. The Balaban J connectivity index is 2.02. The number of aromatic nitrogens is 1. The number of nitrogens with one attached hydrogen (secondary N) is 1. The summed E-state index contributed by atoms with van der Waals surface area (Å²) in [5, 5.41) is 3.49. The highest BCUT2D eigenvalue weighted by Crippen LogP contribution is 2.12. The molecule has 0 atom stereocenters. The van der Waals surface area contributed by atoms with E-state index < -0.39 is 11.9 Å². The van der Waals surface area contributed by atoms with Crippen molar-refractivity contribution in [3.8, 4) is 0 Å². The molecular formula is C14H14N2O3. The topological polar surface area (TPSA) is 68.3 Å². The number of para-hydroxylation sites is 1. The summed E-state index contributed by atoms with van der Waals surface area (Å²) in [6.45, 7) is 2.08. The second-order valence-corrected chi connectivity index (χ2v) is 3.94. The van der Waals surface area contributed by atoms with Crippen LogP contribution in [0, 0.1) is 0 Å². The molecular weight excluding hydrogens is 244 g/mol. The van der Waals surface area contributed by atoms with Crippen LogP contribution in [0.25, 0.3) is 10.9 Å². The molecule has 0 saturated carbocycles. The van der Waals surface area contributed by atoms with E-state index in [1.807, 2.05) is 30.3 Å². The molecule has 5 nitrogen and oxygen atoms in total. The van der Waals surface area contributed by atoms with E-state index in [2.05, 4.69) is 15.0 Å². The van der Waals surface area contributed by atoms with Crippen LogP contribution in [0.4, 0.5) is 0 Å². The van der Waals surface area contributed by atoms with Gasteiger partial charge >= 0.3 is 11.9 Å². The Morgan fingerprint density at radius 1 is 1.32 bits per heavy atom. The third-order valence-corrected chi connectivity index (χ3v) is 2.56. The standard InChI is InChI=1S/C14H14N2O3/c1-2-19-14(18)13(17)16-9-10-7-11-5-3-4-6-12(11)15-8-10/h3-8H,2,9H2,1H3,(H,16,17). The molecule has 0 spiro atoms. The fourth-order valence-corrected chi connectivity index (χ4v) is 1.66. The second kappa shape index (κ2) is 5.95. The molecule has 19 heavy (non-hydrogen) atoms. The number of pyridine rings is 1. The summed E-state index contributed by atoms with van der Waals surface area (Å²) in [7, 11) is 0. The number of nitrogens with zero attached hydrogens (tertiary/aromatic N) is 1. The summed E-state index contributed by atoms with van der Waals surface area (Å²) in [6.07, 6.45) is 1.67. The smallest absolute Gasteiger partial charge is 0.396 e. The van der Waals surface area contributed by atoms with E-state index in [0.717, 1.165) is 16.5 Å². The van der Waals surface area contributed by atoms with E-state index >= 15 is 0 Å². The fourth-order valence-electron chi connectivity index (χ4n) is 1.66. The van der Waals surface area contributed by atoms with Gasteiger partial charge in [0.2, 0.25) is 0 Å². The van der Waals surface area contributed by atoms with Gasteiger partial charge in [0.1, 0.15) is 0 Å². The molecule has 5 heteroatoms. The van der Waals surface area contributed by atoms with Crippen LogP contribution in [0.3, 0.4) is 0 Å². The third kappa shape index (κ3) is 3.28. The Morgan fingerprint density at radius 2 is 2.11 bits per heavy atom. The highest BCUT2D eigenvalue weighted by molar-refractivity contribution is 6.32. The largest absolute Gasteiger partial charge is 0.459 e. The van der Waals surface area contributed by atoms with Crippen LogP contribution in [0.15, 0.2) is 36.5 Å². The number of hydrogen-bond acceptors (Lipinski definition) is 4. The number of amides is 1. The summed E-state index contributed by atoms with van der Waals surface area (Å²) in [6, 6.07) is 9.62. The van der Waals surface area contributed by atoms with Gasteiger partial charge in [-0.1, -0.05) is 18.2 Å². The average Bonchev–Trinajstić information content (AvgIpc) is 2.44. The number of carbonyl (C=O) groups is 2. The summed E-state index contributed by atoms with van der Waals surface area (Å²) in [5.74, 6) is -1.61. The molecule has 0 bridgehead atoms. The van der Waals surface area contributed by atoms with Gasteiger partial charge in [-0.2, -0.15) is 0 Å². The minimum absolute atomic E-state index is 0.184. The van der Waals surface area contributed by atoms with E-state index in [1.165, 1.54) is 0 Å². The number of benzene rings is 1. The van der Waals surface area contributed by atoms with Crippen LogP contribution in [0.2, 0.25) is 0 Å². The van der Waals surface area contributed by atoms with E-state index in [-0.39, 0.29) is 13.2 Å². The maximum absolute atomic E-state index is 11.4. The van der Waals surface area contributed by atoms with Crippen LogP contribution in [0.5, 0.6) is 0 Å². The molecule has 0 unspecified atom stereocenters.